The zero-order valence-electron chi connectivity index (χ0n) is 12.3. The molecule has 2 amide bonds. The van der Waals surface area contributed by atoms with Crippen molar-refractivity contribution >= 4 is 29.3 Å². The molecule has 0 bridgehead atoms. The van der Waals surface area contributed by atoms with Gasteiger partial charge in [-0.25, -0.2) is 0 Å². The molecule has 1 N–H and O–H groups in total. The lowest BCUT2D eigenvalue weighted by Crippen LogP contribution is -2.62. The average molecular weight is 292 g/mol. The number of amides is 2. The van der Waals surface area contributed by atoms with Crippen LogP contribution >= 0.6 is 11.8 Å². The van der Waals surface area contributed by atoms with Gasteiger partial charge in [0.2, 0.25) is 5.91 Å². The standard InChI is InChI=1S/C15H20N2O2S/c1-15(2,3)13-14(19)17(9-12(18)16-13)10-7-5-6-8-11(10)20-4/h5-8,13H,9H2,1-4H3,(H,16,18). The molecule has 1 heterocycles. The van der Waals surface area contributed by atoms with Gasteiger partial charge in [0.25, 0.3) is 5.91 Å². The number of nitrogens with zero attached hydrogens (tertiary/aromatic N) is 1. The van der Waals surface area contributed by atoms with Crippen LogP contribution in [0.15, 0.2) is 29.2 Å². The minimum atomic E-state index is -0.487. The highest BCUT2D eigenvalue weighted by Gasteiger charge is 2.40. The van der Waals surface area contributed by atoms with E-state index in [2.05, 4.69) is 5.32 Å². The van der Waals surface area contributed by atoms with Gasteiger partial charge in [0.15, 0.2) is 0 Å². The van der Waals surface area contributed by atoms with Crippen molar-refractivity contribution in [3.8, 4) is 0 Å². The van der Waals surface area contributed by atoms with Crippen LogP contribution in [0.25, 0.3) is 0 Å². The summed E-state index contributed by atoms with van der Waals surface area (Å²) < 4.78 is 0. The van der Waals surface area contributed by atoms with E-state index in [1.807, 2.05) is 51.3 Å². The number of hydrogen-bond acceptors (Lipinski definition) is 3. The first-order valence-corrected chi connectivity index (χ1v) is 7.81. The summed E-state index contributed by atoms with van der Waals surface area (Å²) in [6.45, 7) is 5.96. The van der Waals surface area contributed by atoms with Crippen molar-refractivity contribution in [3.05, 3.63) is 24.3 Å². The molecule has 20 heavy (non-hydrogen) atoms. The van der Waals surface area contributed by atoms with Crippen molar-refractivity contribution in [1.29, 1.82) is 0 Å². The van der Waals surface area contributed by atoms with Crippen LogP contribution in [0.2, 0.25) is 0 Å². The number of anilines is 1. The van der Waals surface area contributed by atoms with E-state index in [0.29, 0.717) is 0 Å². The van der Waals surface area contributed by atoms with Crippen LogP contribution in [0.3, 0.4) is 0 Å². The van der Waals surface area contributed by atoms with Gasteiger partial charge in [-0.3, -0.25) is 9.59 Å². The Hall–Kier alpha value is -1.49. The van der Waals surface area contributed by atoms with E-state index in [1.165, 1.54) is 0 Å². The van der Waals surface area contributed by atoms with Crippen LogP contribution in [0.5, 0.6) is 0 Å². The maximum Gasteiger partial charge on any atom is 0.250 e. The number of nitrogens with one attached hydrogen (secondary N) is 1. The van der Waals surface area contributed by atoms with E-state index in [0.717, 1.165) is 10.6 Å². The highest BCUT2D eigenvalue weighted by molar-refractivity contribution is 7.98. The Morgan fingerprint density at radius 3 is 2.50 bits per heavy atom. The van der Waals surface area contributed by atoms with Gasteiger partial charge in [0.05, 0.1) is 5.69 Å². The number of carbonyl (C=O) groups is 2. The molecule has 1 unspecified atom stereocenters. The maximum atomic E-state index is 12.7. The number of benzene rings is 1. The van der Waals surface area contributed by atoms with Crippen molar-refractivity contribution in [2.75, 3.05) is 17.7 Å². The van der Waals surface area contributed by atoms with E-state index in [1.54, 1.807) is 16.7 Å². The van der Waals surface area contributed by atoms with Gasteiger partial charge in [0.1, 0.15) is 12.6 Å². The smallest absolute Gasteiger partial charge is 0.250 e. The van der Waals surface area contributed by atoms with Crippen molar-refractivity contribution in [1.82, 2.24) is 5.32 Å². The van der Waals surface area contributed by atoms with Gasteiger partial charge in [-0.1, -0.05) is 32.9 Å². The van der Waals surface area contributed by atoms with Crippen molar-refractivity contribution in [2.24, 2.45) is 5.41 Å². The van der Waals surface area contributed by atoms with E-state index < -0.39 is 6.04 Å². The fraction of sp³-hybridized carbons (Fsp3) is 0.467. The van der Waals surface area contributed by atoms with Crippen LogP contribution in [0.4, 0.5) is 5.69 Å². The Labute approximate surface area is 123 Å². The summed E-state index contributed by atoms with van der Waals surface area (Å²) in [5, 5.41) is 2.81. The number of piperazine rings is 1. The molecule has 1 aliphatic heterocycles. The lowest BCUT2D eigenvalue weighted by molar-refractivity contribution is -0.133. The Bertz CT molecular complexity index is 537. The Morgan fingerprint density at radius 2 is 1.90 bits per heavy atom. The molecule has 0 aliphatic carbocycles. The largest absolute Gasteiger partial charge is 0.342 e. The molecule has 0 spiro atoms. The zero-order chi connectivity index (χ0) is 14.9. The van der Waals surface area contributed by atoms with Crippen molar-refractivity contribution in [2.45, 2.75) is 31.7 Å². The molecule has 1 saturated heterocycles. The predicted octanol–water partition coefficient (Wildman–Crippen LogP) is 2.29. The Kier molecular flexibility index (Phi) is 4.09. The predicted molar refractivity (Wildman–Crippen MR) is 82.0 cm³/mol. The lowest BCUT2D eigenvalue weighted by Gasteiger charge is -2.39. The quantitative estimate of drug-likeness (QED) is 0.851. The topological polar surface area (TPSA) is 49.4 Å². The maximum absolute atomic E-state index is 12.7. The molecule has 1 atom stereocenters. The molecule has 5 heteroatoms. The number of carbonyl (C=O) groups excluding carboxylic acids is 2. The highest BCUT2D eigenvalue weighted by atomic mass is 32.2. The second kappa shape index (κ2) is 5.48. The van der Waals surface area contributed by atoms with Crippen LogP contribution in [-0.2, 0) is 9.59 Å². The number of para-hydroxylation sites is 1. The van der Waals surface area contributed by atoms with E-state index in [4.69, 9.17) is 0 Å². The summed E-state index contributed by atoms with van der Waals surface area (Å²) in [4.78, 5) is 27.2. The Balaban J connectivity index is 2.40. The molecule has 4 nitrogen and oxygen atoms in total. The van der Waals surface area contributed by atoms with Crippen LogP contribution in [-0.4, -0.2) is 30.7 Å². The van der Waals surface area contributed by atoms with Crippen molar-refractivity contribution < 1.29 is 9.59 Å². The minimum Gasteiger partial charge on any atom is -0.342 e. The van der Waals surface area contributed by atoms with Gasteiger partial charge < -0.3 is 10.2 Å². The number of hydrogen-bond donors (Lipinski definition) is 1. The van der Waals surface area contributed by atoms with Crippen LogP contribution in [0.1, 0.15) is 20.8 Å². The third-order valence-electron chi connectivity index (χ3n) is 3.36. The first-order valence-electron chi connectivity index (χ1n) is 6.58. The summed E-state index contributed by atoms with van der Waals surface area (Å²) in [7, 11) is 0. The summed E-state index contributed by atoms with van der Waals surface area (Å²) >= 11 is 1.58. The summed E-state index contributed by atoms with van der Waals surface area (Å²) in [6, 6.07) is 7.19. The molecule has 0 aromatic heterocycles. The first-order chi connectivity index (χ1) is 9.34. The molecule has 1 fully saturated rings. The second-order valence-electron chi connectivity index (χ2n) is 5.96. The molecule has 1 aromatic carbocycles. The van der Waals surface area contributed by atoms with Gasteiger partial charge in [-0.15, -0.1) is 11.8 Å². The first kappa shape index (κ1) is 14.9. The van der Waals surface area contributed by atoms with E-state index in [9.17, 15) is 9.59 Å². The number of rotatable bonds is 2. The number of thioether (sulfide) groups is 1. The van der Waals surface area contributed by atoms with Crippen molar-refractivity contribution in [3.63, 3.8) is 0 Å². The molecule has 2 rings (SSSR count). The molecular weight excluding hydrogens is 272 g/mol. The lowest BCUT2D eigenvalue weighted by atomic mass is 9.84. The second-order valence-corrected chi connectivity index (χ2v) is 6.81. The zero-order valence-corrected chi connectivity index (χ0v) is 13.1. The summed E-state index contributed by atoms with van der Waals surface area (Å²) in [6.07, 6.45) is 1.97. The third kappa shape index (κ3) is 2.82. The van der Waals surface area contributed by atoms with Gasteiger partial charge in [-0.2, -0.15) is 0 Å². The van der Waals surface area contributed by atoms with Crippen LogP contribution < -0.4 is 10.2 Å². The fourth-order valence-corrected chi connectivity index (χ4v) is 2.89. The Morgan fingerprint density at radius 1 is 1.25 bits per heavy atom. The van der Waals surface area contributed by atoms with E-state index >= 15 is 0 Å². The molecule has 1 aliphatic rings. The van der Waals surface area contributed by atoms with E-state index in [-0.39, 0.29) is 23.8 Å². The van der Waals surface area contributed by atoms with Gasteiger partial charge >= 0.3 is 0 Å². The normalized spacial score (nSPS) is 20.0. The monoisotopic (exact) mass is 292 g/mol. The summed E-state index contributed by atoms with van der Waals surface area (Å²) in [5.74, 6) is -0.154. The minimum absolute atomic E-state index is 0.0430. The molecule has 1 aromatic rings. The summed E-state index contributed by atoms with van der Waals surface area (Å²) in [5.41, 5.74) is 0.508. The third-order valence-corrected chi connectivity index (χ3v) is 4.15. The average Bonchev–Trinajstić information content (AvgIpc) is 2.39. The molecule has 0 saturated carbocycles. The molecular formula is C15H20N2O2S. The molecule has 0 radical (unpaired) electrons. The van der Waals surface area contributed by atoms with Gasteiger partial charge in [0, 0.05) is 4.90 Å². The highest BCUT2D eigenvalue weighted by Crippen LogP contribution is 2.32. The van der Waals surface area contributed by atoms with Crippen LogP contribution in [0, 0.1) is 5.41 Å². The van der Waals surface area contributed by atoms with Gasteiger partial charge in [-0.05, 0) is 23.8 Å². The molecule has 108 valence electrons. The fourth-order valence-electron chi connectivity index (χ4n) is 2.29. The SMILES string of the molecule is CSc1ccccc1N1CC(=O)NC(C(C)(C)C)C1=O.